The van der Waals surface area contributed by atoms with Gasteiger partial charge in [-0.1, -0.05) is 48.5 Å². The fourth-order valence-electron chi connectivity index (χ4n) is 3.59. The number of benzene rings is 2. The lowest BCUT2D eigenvalue weighted by Gasteiger charge is -2.44. The van der Waals surface area contributed by atoms with E-state index >= 15 is 0 Å². The number of rotatable bonds is 4. The molecule has 0 spiro atoms. The highest BCUT2D eigenvalue weighted by Crippen LogP contribution is 2.18. The van der Waals surface area contributed by atoms with Crippen molar-refractivity contribution in [3.05, 3.63) is 66.2 Å². The van der Waals surface area contributed by atoms with Crippen LogP contribution in [-0.2, 0) is 6.42 Å². The van der Waals surface area contributed by atoms with Gasteiger partial charge < -0.3 is 10.2 Å². The van der Waals surface area contributed by atoms with Crippen LogP contribution >= 0.6 is 0 Å². The lowest BCUT2D eigenvalue weighted by Crippen LogP contribution is -2.59. The third-order valence-electron chi connectivity index (χ3n) is 4.92. The average molecular weight is 337 g/mol. The molecule has 1 aliphatic rings. The highest BCUT2D eigenvalue weighted by Gasteiger charge is 2.31. The number of urea groups is 1. The summed E-state index contributed by atoms with van der Waals surface area (Å²) >= 11 is 0. The van der Waals surface area contributed by atoms with Gasteiger partial charge in [0.05, 0.1) is 0 Å². The van der Waals surface area contributed by atoms with E-state index in [1.165, 1.54) is 5.56 Å². The lowest BCUT2D eigenvalue weighted by atomic mass is 10.1. The summed E-state index contributed by atoms with van der Waals surface area (Å²) in [5, 5.41) is 2.99. The van der Waals surface area contributed by atoms with Crippen LogP contribution in [0.25, 0.3) is 0 Å². The molecule has 0 bridgehead atoms. The van der Waals surface area contributed by atoms with Gasteiger partial charge in [0.15, 0.2) is 0 Å². The lowest BCUT2D eigenvalue weighted by molar-refractivity contribution is 0.0599. The van der Waals surface area contributed by atoms with Crippen LogP contribution in [0.2, 0.25) is 0 Å². The van der Waals surface area contributed by atoms with Gasteiger partial charge in [-0.3, -0.25) is 4.90 Å². The van der Waals surface area contributed by atoms with Crippen molar-refractivity contribution in [1.82, 2.24) is 9.80 Å². The van der Waals surface area contributed by atoms with Crippen LogP contribution in [0, 0.1) is 0 Å². The first-order chi connectivity index (χ1) is 12.1. The van der Waals surface area contributed by atoms with Crippen LogP contribution in [0.4, 0.5) is 10.5 Å². The quantitative estimate of drug-likeness (QED) is 0.920. The van der Waals surface area contributed by atoms with Crippen LogP contribution in [0.1, 0.15) is 19.4 Å². The third kappa shape index (κ3) is 4.60. The topological polar surface area (TPSA) is 35.6 Å². The summed E-state index contributed by atoms with van der Waals surface area (Å²) in [6.07, 6.45) is 1.05. The van der Waals surface area contributed by atoms with E-state index in [-0.39, 0.29) is 6.03 Å². The number of anilines is 1. The second-order valence-corrected chi connectivity index (χ2v) is 6.87. The molecule has 0 aliphatic carbocycles. The summed E-state index contributed by atoms with van der Waals surface area (Å²) < 4.78 is 0. The first-order valence-corrected chi connectivity index (χ1v) is 9.04. The predicted octanol–water partition coefficient (Wildman–Crippen LogP) is 3.86. The van der Waals surface area contributed by atoms with Crippen LogP contribution in [0.3, 0.4) is 0 Å². The van der Waals surface area contributed by atoms with Gasteiger partial charge in [-0.2, -0.15) is 0 Å². The summed E-state index contributed by atoms with van der Waals surface area (Å²) in [6.45, 7) is 6.98. The van der Waals surface area contributed by atoms with E-state index in [2.05, 4.69) is 54.4 Å². The van der Waals surface area contributed by atoms with E-state index < -0.39 is 0 Å². The van der Waals surface area contributed by atoms with Crippen LogP contribution in [0.5, 0.6) is 0 Å². The second-order valence-electron chi connectivity index (χ2n) is 6.87. The molecule has 2 aromatic carbocycles. The second kappa shape index (κ2) is 8.17. The standard InChI is InChI=1S/C21H27N3O/c1-17-15-23(21(25)22-20-11-7-4-8-12-20)16-18(2)24(17)14-13-19-9-5-3-6-10-19/h3-12,17-18H,13-16H2,1-2H3,(H,22,25). The van der Waals surface area contributed by atoms with E-state index in [4.69, 9.17) is 0 Å². The minimum absolute atomic E-state index is 0.00684. The molecule has 1 N–H and O–H groups in total. The molecule has 132 valence electrons. The molecule has 4 heteroatoms. The van der Waals surface area contributed by atoms with Gasteiger partial charge in [0.2, 0.25) is 0 Å². The summed E-state index contributed by atoms with van der Waals surface area (Å²) in [4.78, 5) is 17.0. The van der Waals surface area contributed by atoms with Gasteiger partial charge in [0.25, 0.3) is 0 Å². The normalized spacial score (nSPS) is 21.1. The molecular formula is C21H27N3O. The van der Waals surface area contributed by atoms with Gasteiger partial charge in [-0.05, 0) is 38.0 Å². The van der Waals surface area contributed by atoms with Crippen molar-refractivity contribution in [3.8, 4) is 0 Å². The Morgan fingerprint density at radius 2 is 1.52 bits per heavy atom. The van der Waals surface area contributed by atoms with Gasteiger partial charge in [0, 0.05) is 37.4 Å². The monoisotopic (exact) mass is 337 g/mol. The van der Waals surface area contributed by atoms with Gasteiger partial charge in [-0.15, -0.1) is 0 Å². The molecule has 1 fully saturated rings. The number of hydrogen-bond donors (Lipinski definition) is 1. The molecule has 1 saturated heterocycles. The number of amides is 2. The maximum atomic E-state index is 12.5. The van der Waals surface area contributed by atoms with Crippen molar-refractivity contribution in [2.24, 2.45) is 0 Å². The summed E-state index contributed by atoms with van der Waals surface area (Å²) in [5.74, 6) is 0. The van der Waals surface area contributed by atoms with Crippen LogP contribution in [-0.4, -0.2) is 47.5 Å². The Morgan fingerprint density at radius 1 is 0.960 bits per heavy atom. The maximum Gasteiger partial charge on any atom is 0.321 e. The number of hydrogen-bond acceptors (Lipinski definition) is 2. The van der Waals surface area contributed by atoms with E-state index in [1.807, 2.05) is 35.2 Å². The Balaban J connectivity index is 1.55. The number of carbonyl (C=O) groups is 1. The molecule has 2 unspecified atom stereocenters. The van der Waals surface area contributed by atoms with E-state index in [1.54, 1.807) is 0 Å². The highest BCUT2D eigenvalue weighted by molar-refractivity contribution is 5.89. The Labute approximate surface area is 150 Å². The number of nitrogens with zero attached hydrogens (tertiary/aromatic N) is 2. The fraction of sp³-hybridized carbons (Fsp3) is 0.381. The van der Waals surface area contributed by atoms with E-state index in [0.717, 1.165) is 31.7 Å². The van der Waals surface area contributed by atoms with Gasteiger partial charge in [-0.25, -0.2) is 4.79 Å². The first kappa shape index (κ1) is 17.5. The fourth-order valence-corrected chi connectivity index (χ4v) is 3.59. The van der Waals surface area contributed by atoms with Gasteiger partial charge >= 0.3 is 6.03 Å². The van der Waals surface area contributed by atoms with E-state index in [0.29, 0.717) is 12.1 Å². The zero-order valence-corrected chi connectivity index (χ0v) is 15.1. The number of carbonyl (C=O) groups excluding carboxylic acids is 1. The zero-order valence-electron chi connectivity index (χ0n) is 15.1. The molecule has 0 aromatic heterocycles. The molecule has 2 atom stereocenters. The highest BCUT2D eigenvalue weighted by atomic mass is 16.2. The molecule has 3 rings (SSSR count). The smallest absolute Gasteiger partial charge is 0.321 e. The Kier molecular flexibility index (Phi) is 5.71. The molecule has 2 amide bonds. The van der Waals surface area contributed by atoms with Crippen molar-refractivity contribution in [3.63, 3.8) is 0 Å². The largest absolute Gasteiger partial charge is 0.321 e. The summed E-state index contributed by atoms with van der Waals surface area (Å²) in [7, 11) is 0. The summed E-state index contributed by atoms with van der Waals surface area (Å²) in [6, 6.07) is 21.0. The van der Waals surface area contributed by atoms with Crippen molar-refractivity contribution in [1.29, 1.82) is 0 Å². The van der Waals surface area contributed by atoms with Crippen molar-refractivity contribution < 1.29 is 4.79 Å². The van der Waals surface area contributed by atoms with Crippen LogP contribution < -0.4 is 5.32 Å². The number of para-hydroxylation sites is 1. The Bertz CT molecular complexity index is 662. The van der Waals surface area contributed by atoms with Crippen molar-refractivity contribution >= 4 is 11.7 Å². The Hall–Kier alpha value is -2.33. The zero-order chi connectivity index (χ0) is 17.6. The average Bonchev–Trinajstić information content (AvgIpc) is 2.62. The molecule has 1 aliphatic heterocycles. The Morgan fingerprint density at radius 3 is 2.12 bits per heavy atom. The maximum absolute atomic E-state index is 12.5. The summed E-state index contributed by atoms with van der Waals surface area (Å²) in [5.41, 5.74) is 2.21. The molecule has 0 saturated carbocycles. The third-order valence-corrected chi connectivity index (χ3v) is 4.92. The number of piperazine rings is 1. The van der Waals surface area contributed by atoms with E-state index in [9.17, 15) is 4.79 Å². The minimum Gasteiger partial charge on any atom is -0.321 e. The molecular weight excluding hydrogens is 310 g/mol. The molecule has 25 heavy (non-hydrogen) atoms. The number of nitrogens with one attached hydrogen (secondary N) is 1. The molecule has 2 aromatic rings. The molecule has 4 nitrogen and oxygen atoms in total. The SMILES string of the molecule is CC1CN(C(=O)Nc2ccccc2)CC(C)N1CCc1ccccc1. The van der Waals surface area contributed by atoms with Crippen LogP contribution in [0.15, 0.2) is 60.7 Å². The predicted molar refractivity (Wildman–Crippen MR) is 103 cm³/mol. The minimum atomic E-state index is -0.00684. The first-order valence-electron chi connectivity index (χ1n) is 9.04. The molecule has 0 radical (unpaired) electrons. The van der Waals surface area contributed by atoms with Crippen molar-refractivity contribution in [2.45, 2.75) is 32.4 Å². The van der Waals surface area contributed by atoms with Gasteiger partial charge in [0.1, 0.15) is 0 Å². The van der Waals surface area contributed by atoms with Crippen molar-refractivity contribution in [2.75, 3.05) is 25.0 Å². The molecule has 1 heterocycles.